The molecule has 0 aromatic rings. The number of amides is 2. The van der Waals surface area contributed by atoms with Crippen LogP contribution in [0.1, 0.15) is 12.8 Å². The monoisotopic (exact) mass is 163 g/mol. The van der Waals surface area contributed by atoms with Crippen molar-refractivity contribution in [1.29, 1.82) is 0 Å². The van der Waals surface area contributed by atoms with Gasteiger partial charge in [-0.2, -0.15) is 0 Å². The van der Waals surface area contributed by atoms with Gasteiger partial charge in [-0.15, -0.1) is 0 Å². The van der Waals surface area contributed by atoms with Crippen molar-refractivity contribution in [1.82, 2.24) is 5.32 Å². The van der Waals surface area contributed by atoms with Crippen molar-refractivity contribution in [3.05, 3.63) is 12.2 Å². The smallest absolute Gasteiger partial charge is 0.242 e. The molecule has 0 radical (unpaired) electrons. The van der Waals surface area contributed by atoms with E-state index in [0.717, 1.165) is 12.8 Å². The molecule has 1 saturated heterocycles. The van der Waals surface area contributed by atoms with Crippen LogP contribution in [-0.2, 0) is 9.59 Å². The number of allylic oxidation sites excluding steroid dienone is 2. The predicted molar refractivity (Wildman–Crippen MR) is 40.9 cm³/mol. The average Bonchev–Trinajstić information content (AvgIpc) is 2.63. The third kappa shape index (κ3) is 0.453. The number of imide groups is 1. The van der Waals surface area contributed by atoms with Gasteiger partial charge in [-0.1, -0.05) is 12.2 Å². The number of β-lactam (4-membered cyclic amide) rings is 2. The first kappa shape index (κ1) is 6.40. The molecule has 2 fully saturated rings. The molecule has 0 aromatic heterocycles. The Balaban J connectivity index is 2.08. The summed E-state index contributed by atoms with van der Waals surface area (Å²) in [7, 11) is 0. The zero-order chi connectivity index (χ0) is 8.34. The number of hydrogen-bond acceptors (Lipinski definition) is 2. The molecule has 1 saturated carbocycles. The Labute approximate surface area is 69.8 Å². The van der Waals surface area contributed by atoms with Gasteiger partial charge in [-0.25, -0.2) is 0 Å². The van der Waals surface area contributed by atoms with E-state index >= 15 is 0 Å². The summed E-state index contributed by atoms with van der Waals surface area (Å²) in [6.45, 7) is 0. The van der Waals surface area contributed by atoms with Crippen molar-refractivity contribution < 1.29 is 9.59 Å². The van der Waals surface area contributed by atoms with Crippen LogP contribution in [0.5, 0.6) is 0 Å². The summed E-state index contributed by atoms with van der Waals surface area (Å²) in [5.41, 5.74) is -0.626. The van der Waals surface area contributed by atoms with E-state index in [9.17, 15) is 9.59 Å². The van der Waals surface area contributed by atoms with E-state index in [1.165, 1.54) is 0 Å². The summed E-state index contributed by atoms with van der Waals surface area (Å²) in [6, 6.07) is 0. The van der Waals surface area contributed by atoms with Crippen molar-refractivity contribution in [3.8, 4) is 0 Å². The molecule has 1 heterocycles. The summed E-state index contributed by atoms with van der Waals surface area (Å²) in [6.07, 6.45) is 5.91. The highest BCUT2D eigenvalue weighted by molar-refractivity contribution is 6.22. The van der Waals surface area contributed by atoms with Gasteiger partial charge in [0.05, 0.1) is 0 Å². The molecule has 2 amide bonds. The maximum Gasteiger partial charge on any atom is 0.242 e. The average molecular weight is 163 g/mol. The summed E-state index contributed by atoms with van der Waals surface area (Å²) >= 11 is 0. The van der Waals surface area contributed by atoms with Crippen LogP contribution >= 0.6 is 0 Å². The van der Waals surface area contributed by atoms with Crippen LogP contribution in [0.2, 0.25) is 0 Å². The molecule has 3 nitrogen and oxygen atoms in total. The number of carbonyl (C=O) groups excluding carboxylic acids is 2. The number of rotatable bonds is 0. The molecule has 3 aliphatic rings. The minimum atomic E-state index is -0.626. The number of hydrogen-bond donors (Lipinski definition) is 1. The molecule has 2 aliphatic carbocycles. The fraction of sp³-hybridized carbons (Fsp3) is 0.556. The number of carbonyl (C=O) groups is 2. The van der Waals surface area contributed by atoms with Gasteiger partial charge in [0.15, 0.2) is 0 Å². The normalized spacial score (nSPS) is 40.3. The Morgan fingerprint density at radius 3 is 2.42 bits per heavy atom. The topological polar surface area (TPSA) is 46.2 Å². The molecule has 2 unspecified atom stereocenters. The van der Waals surface area contributed by atoms with Crippen LogP contribution in [0, 0.1) is 17.3 Å². The molecular weight excluding hydrogens is 154 g/mol. The Hall–Kier alpha value is -1.12. The Bertz CT molecular complexity index is 304. The summed E-state index contributed by atoms with van der Waals surface area (Å²) in [5, 5.41) is 2.31. The van der Waals surface area contributed by atoms with Crippen LogP contribution in [0.3, 0.4) is 0 Å². The first-order chi connectivity index (χ1) is 5.73. The highest BCUT2D eigenvalue weighted by Gasteiger charge is 2.64. The quantitative estimate of drug-likeness (QED) is 0.315. The lowest BCUT2D eigenvalue weighted by molar-refractivity contribution is -0.159. The zero-order valence-electron chi connectivity index (χ0n) is 6.54. The van der Waals surface area contributed by atoms with Gasteiger partial charge in [0.1, 0.15) is 5.41 Å². The molecule has 0 aromatic carbocycles. The van der Waals surface area contributed by atoms with E-state index in [2.05, 4.69) is 11.4 Å². The largest absolute Gasteiger partial charge is 0.295 e. The van der Waals surface area contributed by atoms with Crippen molar-refractivity contribution in [2.75, 3.05) is 0 Å². The molecule has 1 spiro atoms. The number of fused-ring (bicyclic) bond motifs is 3. The molecule has 2 atom stereocenters. The van der Waals surface area contributed by atoms with Crippen LogP contribution < -0.4 is 5.32 Å². The molecule has 3 rings (SSSR count). The minimum Gasteiger partial charge on any atom is -0.295 e. The summed E-state index contributed by atoms with van der Waals surface area (Å²) < 4.78 is 0. The zero-order valence-corrected chi connectivity index (χ0v) is 6.54. The van der Waals surface area contributed by atoms with Gasteiger partial charge >= 0.3 is 0 Å². The van der Waals surface area contributed by atoms with Gasteiger partial charge < -0.3 is 0 Å². The molecular formula is C9H9NO2. The van der Waals surface area contributed by atoms with Gasteiger partial charge in [0, 0.05) is 5.92 Å². The first-order valence-electron chi connectivity index (χ1n) is 4.28. The summed E-state index contributed by atoms with van der Waals surface area (Å²) in [4.78, 5) is 22.6. The van der Waals surface area contributed by atoms with Gasteiger partial charge in [-0.3, -0.25) is 14.9 Å². The Morgan fingerprint density at radius 1 is 1.33 bits per heavy atom. The van der Waals surface area contributed by atoms with Crippen molar-refractivity contribution in [3.63, 3.8) is 0 Å². The second kappa shape index (κ2) is 1.63. The van der Waals surface area contributed by atoms with E-state index in [4.69, 9.17) is 0 Å². The second-order valence-corrected chi connectivity index (χ2v) is 3.95. The Kier molecular flexibility index (Phi) is 0.868. The fourth-order valence-electron chi connectivity index (χ4n) is 2.75. The van der Waals surface area contributed by atoms with Gasteiger partial charge in [0.2, 0.25) is 11.8 Å². The second-order valence-electron chi connectivity index (χ2n) is 3.95. The van der Waals surface area contributed by atoms with E-state index in [1.54, 1.807) is 0 Å². The molecule has 12 heavy (non-hydrogen) atoms. The van der Waals surface area contributed by atoms with Crippen LogP contribution in [-0.4, -0.2) is 11.8 Å². The lowest BCUT2D eigenvalue weighted by atomic mass is 9.69. The molecule has 1 aliphatic heterocycles. The molecule has 1 N–H and O–H groups in total. The molecule has 62 valence electrons. The maximum absolute atomic E-state index is 11.3. The van der Waals surface area contributed by atoms with E-state index in [-0.39, 0.29) is 17.7 Å². The van der Waals surface area contributed by atoms with E-state index in [1.807, 2.05) is 6.08 Å². The Morgan fingerprint density at radius 2 is 2.08 bits per heavy atom. The molecule has 2 bridgehead atoms. The van der Waals surface area contributed by atoms with Crippen molar-refractivity contribution in [2.24, 2.45) is 17.3 Å². The fourth-order valence-corrected chi connectivity index (χ4v) is 2.75. The highest BCUT2D eigenvalue weighted by atomic mass is 16.2. The standard InChI is InChI=1S/C9H9NO2/c11-7-9(8(12)10-7)4-5-1-2-6(9)3-5/h1-2,5-6H,3-4H2,(H,10,11,12). The first-order valence-corrected chi connectivity index (χ1v) is 4.28. The SMILES string of the molecule is O=C1NC(=O)C12CC1C=CC2C1. The van der Waals surface area contributed by atoms with Crippen LogP contribution in [0.4, 0.5) is 0 Å². The van der Waals surface area contributed by atoms with Crippen molar-refractivity contribution in [2.45, 2.75) is 12.8 Å². The van der Waals surface area contributed by atoms with Crippen LogP contribution in [0.15, 0.2) is 12.2 Å². The summed E-state index contributed by atoms with van der Waals surface area (Å²) in [5.74, 6) is 0.572. The third-order valence-corrected chi connectivity index (χ3v) is 3.43. The minimum absolute atomic E-state index is 0.0515. The van der Waals surface area contributed by atoms with E-state index < -0.39 is 5.41 Å². The third-order valence-electron chi connectivity index (χ3n) is 3.43. The van der Waals surface area contributed by atoms with Crippen LogP contribution in [0.25, 0.3) is 0 Å². The predicted octanol–water partition coefficient (Wildman–Crippen LogP) is 0.225. The maximum atomic E-state index is 11.3. The highest BCUT2D eigenvalue weighted by Crippen LogP contribution is 2.55. The van der Waals surface area contributed by atoms with Crippen molar-refractivity contribution >= 4 is 11.8 Å². The van der Waals surface area contributed by atoms with E-state index in [0.29, 0.717) is 5.92 Å². The number of nitrogens with one attached hydrogen (secondary N) is 1. The molecule has 3 heteroatoms. The lowest BCUT2D eigenvalue weighted by Crippen LogP contribution is -2.65. The lowest BCUT2D eigenvalue weighted by Gasteiger charge is -2.39. The van der Waals surface area contributed by atoms with Gasteiger partial charge in [-0.05, 0) is 18.8 Å². The van der Waals surface area contributed by atoms with Gasteiger partial charge in [0.25, 0.3) is 0 Å².